The van der Waals surface area contributed by atoms with E-state index in [2.05, 4.69) is 50.1 Å². The van der Waals surface area contributed by atoms with Crippen molar-refractivity contribution in [2.24, 2.45) is 0 Å². The van der Waals surface area contributed by atoms with Gasteiger partial charge in [0.1, 0.15) is 11.6 Å². The summed E-state index contributed by atoms with van der Waals surface area (Å²) in [5.41, 5.74) is 0.610. The van der Waals surface area contributed by atoms with Crippen molar-refractivity contribution >= 4 is 33.5 Å². The van der Waals surface area contributed by atoms with E-state index in [1.807, 2.05) is 30.3 Å². The summed E-state index contributed by atoms with van der Waals surface area (Å²) in [5, 5.41) is 2.88. The van der Waals surface area contributed by atoms with Gasteiger partial charge in [-0.1, -0.05) is 22.0 Å². The van der Waals surface area contributed by atoms with E-state index < -0.39 is 0 Å². The standard InChI is InChI=1S/C19H23BrN4O/c1-23-12-10-16(11-13-23)24(2)18-5-3-4-17(21-18)22-19(25)14-6-8-15(20)9-7-14/h3-9,16H,10-13H2,1-2H3,(H,21,22,25). The Balaban J connectivity index is 1.68. The maximum Gasteiger partial charge on any atom is 0.256 e. The van der Waals surface area contributed by atoms with E-state index >= 15 is 0 Å². The lowest BCUT2D eigenvalue weighted by Crippen LogP contribution is -2.42. The molecule has 0 aliphatic carbocycles. The summed E-state index contributed by atoms with van der Waals surface area (Å²) in [6.45, 7) is 2.21. The van der Waals surface area contributed by atoms with Crippen LogP contribution in [0.5, 0.6) is 0 Å². The van der Waals surface area contributed by atoms with Gasteiger partial charge in [0.05, 0.1) is 0 Å². The Morgan fingerprint density at radius 3 is 2.56 bits per heavy atom. The van der Waals surface area contributed by atoms with Crippen LogP contribution in [0.25, 0.3) is 0 Å². The Morgan fingerprint density at radius 1 is 1.20 bits per heavy atom. The Bertz CT molecular complexity index is 726. The van der Waals surface area contributed by atoms with Crippen LogP contribution in [0.15, 0.2) is 46.9 Å². The minimum absolute atomic E-state index is 0.154. The highest BCUT2D eigenvalue weighted by molar-refractivity contribution is 9.10. The van der Waals surface area contributed by atoms with Crippen molar-refractivity contribution < 1.29 is 4.79 Å². The molecule has 1 amide bonds. The first-order valence-corrected chi connectivity index (χ1v) is 9.27. The summed E-state index contributed by atoms with van der Waals surface area (Å²) in [6.07, 6.45) is 2.26. The molecule has 0 bridgehead atoms. The lowest BCUT2D eigenvalue weighted by molar-refractivity contribution is 0.102. The highest BCUT2D eigenvalue weighted by Gasteiger charge is 2.21. The molecule has 1 aliphatic heterocycles. The van der Waals surface area contributed by atoms with Crippen molar-refractivity contribution in [3.8, 4) is 0 Å². The molecular weight excluding hydrogens is 380 g/mol. The number of nitrogens with zero attached hydrogens (tertiary/aromatic N) is 3. The highest BCUT2D eigenvalue weighted by Crippen LogP contribution is 2.21. The minimum Gasteiger partial charge on any atom is -0.357 e. The number of hydrogen-bond donors (Lipinski definition) is 1. The van der Waals surface area contributed by atoms with Crippen LogP contribution in [0.2, 0.25) is 0 Å². The van der Waals surface area contributed by atoms with Crippen molar-refractivity contribution in [1.82, 2.24) is 9.88 Å². The van der Waals surface area contributed by atoms with Crippen molar-refractivity contribution in [2.75, 3.05) is 37.4 Å². The summed E-state index contributed by atoms with van der Waals surface area (Å²) in [7, 11) is 4.24. The summed E-state index contributed by atoms with van der Waals surface area (Å²) < 4.78 is 0.948. The fourth-order valence-electron chi connectivity index (χ4n) is 3.05. The molecule has 25 heavy (non-hydrogen) atoms. The van der Waals surface area contributed by atoms with Crippen LogP contribution in [0.3, 0.4) is 0 Å². The normalized spacial score (nSPS) is 15.8. The smallest absolute Gasteiger partial charge is 0.256 e. The number of halogens is 1. The second-order valence-electron chi connectivity index (χ2n) is 6.49. The largest absolute Gasteiger partial charge is 0.357 e. The van der Waals surface area contributed by atoms with E-state index in [4.69, 9.17) is 0 Å². The topological polar surface area (TPSA) is 48.5 Å². The fraction of sp³-hybridized carbons (Fsp3) is 0.368. The zero-order valence-electron chi connectivity index (χ0n) is 14.6. The second kappa shape index (κ2) is 7.97. The van der Waals surface area contributed by atoms with Crippen LogP contribution >= 0.6 is 15.9 Å². The van der Waals surface area contributed by atoms with Gasteiger partial charge in [-0.25, -0.2) is 4.98 Å². The predicted octanol–water partition coefficient (Wildman–Crippen LogP) is 3.63. The summed E-state index contributed by atoms with van der Waals surface area (Å²) in [4.78, 5) is 21.6. The predicted molar refractivity (Wildman–Crippen MR) is 105 cm³/mol. The van der Waals surface area contributed by atoms with E-state index in [-0.39, 0.29) is 5.91 Å². The molecule has 1 N–H and O–H groups in total. The number of nitrogens with one attached hydrogen (secondary N) is 1. The van der Waals surface area contributed by atoms with E-state index in [1.165, 1.54) is 0 Å². The molecule has 1 aliphatic rings. The zero-order valence-corrected chi connectivity index (χ0v) is 16.2. The Labute approximate surface area is 157 Å². The van der Waals surface area contributed by atoms with Crippen molar-refractivity contribution in [3.63, 3.8) is 0 Å². The average molecular weight is 403 g/mol. The van der Waals surface area contributed by atoms with Crippen LogP contribution in [0, 0.1) is 0 Å². The minimum atomic E-state index is -0.154. The molecular formula is C19H23BrN4O. The molecule has 1 saturated heterocycles. The summed E-state index contributed by atoms with van der Waals surface area (Å²) in [6, 6.07) is 13.5. The number of hydrogen-bond acceptors (Lipinski definition) is 4. The van der Waals surface area contributed by atoms with Gasteiger partial charge in [-0.3, -0.25) is 4.79 Å². The first-order valence-electron chi connectivity index (χ1n) is 8.48. The number of amides is 1. The molecule has 1 aromatic heterocycles. The number of carbonyl (C=O) groups is 1. The molecule has 1 fully saturated rings. The Kier molecular flexibility index (Phi) is 5.71. The quantitative estimate of drug-likeness (QED) is 0.847. The van der Waals surface area contributed by atoms with Crippen molar-refractivity contribution in [1.29, 1.82) is 0 Å². The number of rotatable bonds is 4. The maximum atomic E-state index is 12.4. The first-order chi connectivity index (χ1) is 12.0. The molecule has 0 atom stereocenters. The first kappa shape index (κ1) is 17.9. The third kappa shape index (κ3) is 4.58. The zero-order chi connectivity index (χ0) is 17.8. The third-order valence-corrected chi connectivity index (χ3v) is 5.21. The Morgan fingerprint density at radius 2 is 1.88 bits per heavy atom. The van der Waals surface area contributed by atoms with Gasteiger partial charge < -0.3 is 15.1 Å². The van der Waals surface area contributed by atoms with Gasteiger partial charge in [0.2, 0.25) is 0 Å². The molecule has 0 radical (unpaired) electrons. The summed E-state index contributed by atoms with van der Waals surface area (Å²) in [5.74, 6) is 1.31. The van der Waals surface area contributed by atoms with E-state index in [1.54, 1.807) is 12.1 Å². The number of aromatic nitrogens is 1. The van der Waals surface area contributed by atoms with Crippen LogP contribution in [-0.4, -0.2) is 49.0 Å². The molecule has 0 saturated carbocycles. The van der Waals surface area contributed by atoms with Crippen LogP contribution in [0.4, 0.5) is 11.6 Å². The SMILES string of the molecule is CN1CCC(N(C)c2cccc(NC(=O)c3ccc(Br)cc3)n2)CC1. The highest BCUT2D eigenvalue weighted by atomic mass is 79.9. The van der Waals surface area contributed by atoms with E-state index in [0.29, 0.717) is 17.4 Å². The lowest BCUT2D eigenvalue weighted by Gasteiger charge is -2.35. The van der Waals surface area contributed by atoms with Gasteiger partial charge >= 0.3 is 0 Å². The fourth-order valence-corrected chi connectivity index (χ4v) is 3.31. The van der Waals surface area contributed by atoms with Gasteiger partial charge in [0.15, 0.2) is 0 Å². The number of likely N-dealkylation sites (tertiary alicyclic amines) is 1. The number of pyridine rings is 1. The van der Waals surface area contributed by atoms with Crippen LogP contribution in [0.1, 0.15) is 23.2 Å². The monoisotopic (exact) mass is 402 g/mol. The van der Waals surface area contributed by atoms with Gasteiger partial charge in [0.25, 0.3) is 5.91 Å². The van der Waals surface area contributed by atoms with Crippen LogP contribution in [-0.2, 0) is 0 Å². The second-order valence-corrected chi connectivity index (χ2v) is 7.40. The van der Waals surface area contributed by atoms with Gasteiger partial charge in [-0.15, -0.1) is 0 Å². The maximum absolute atomic E-state index is 12.4. The lowest BCUT2D eigenvalue weighted by atomic mass is 10.0. The van der Waals surface area contributed by atoms with Crippen molar-refractivity contribution in [3.05, 3.63) is 52.5 Å². The number of carbonyl (C=O) groups excluding carboxylic acids is 1. The molecule has 5 nitrogen and oxygen atoms in total. The molecule has 2 aromatic rings. The molecule has 3 rings (SSSR count). The third-order valence-electron chi connectivity index (χ3n) is 4.68. The van der Waals surface area contributed by atoms with Crippen LogP contribution < -0.4 is 10.2 Å². The number of benzene rings is 1. The molecule has 0 spiro atoms. The average Bonchev–Trinajstić information content (AvgIpc) is 2.62. The number of anilines is 2. The van der Waals surface area contributed by atoms with Gasteiger partial charge in [-0.2, -0.15) is 0 Å². The van der Waals surface area contributed by atoms with E-state index in [9.17, 15) is 4.79 Å². The Hall–Kier alpha value is -1.92. The molecule has 6 heteroatoms. The molecule has 132 valence electrons. The molecule has 1 aromatic carbocycles. The van der Waals surface area contributed by atoms with E-state index in [0.717, 1.165) is 36.2 Å². The van der Waals surface area contributed by atoms with Gasteiger partial charge in [-0.05, 0) is 69.4 Å². The summed E-state index contributed by atoms with van der Waals surface area (Å²) >= 11 is 3.38. The molecule has 2 heterocycles. The van der Waals surface area contributed by atoms with Crippen molar-refractivity contribution in [2.45, 2.75) is 18.9 Å². The molecule has 0 unspecified atom stereocenters. The number of piperidine rings is 1. The van der Waals surface area contributed by atoms with Gasteiger partial charge in [0, 0.05) is 23.1 Å².